The smallest absolute Gasteiger partial charge is 0.0124 e. The lowest BCUT2D eigenvalue weighted by molar-refractivity contribution is 0.594. The van der Waals surface area contributed by atoms with Crippen LogP contribution in [0.15, 0.2) is 24.3 Å². The molecule has 0 spiro atoms. The third-order valence-corrected chi connectivity index (χ3v) is 3.76. The largest absolute Gasteiger partial charge is 0.0619 e. The molecule has 0 saturated carbocycles. The molecule has 1 rings (SSSR count). The van der Waals surface area contributed by atoms with Gasteiger partial charge in [0, 0.05) is 0 Å². The van der Waals surface area contributed by atoms with Gasteiger partial charge < -0.3 is 0 Å². The van der Waals surface area contributed by atoms with E-state index in [4.69, 9.17) is 0 Å². The zero-order valence-electron chi connectivity index (χ0n) is 7.69. The minimum absolute atomic E-state index is 0.261. The fourth-order valence-electron chi connectivity index (χ4n) is 1.22. The fraction of sp³-hybridized carbons (Fsp3) is 0.400. The van der Waals surface area contributed by atoms with E-state index in [9.17, 15) is 0 Å². The van der Waals surface area contributed by atoms with Crippen LogP contribution in [0.2, 0.25) is 0 Å². The van der Waals surface area contributed by atoms with Crippen molar-refractivity contribution in [2.45, 2.75) is 26.2 Å². The Morgan fingerprint density at radius 1 is 1.17 bits per heavy atom. The summed E-state index contributed by atoms with van der Waals surface area (Å²) in [5.74, 6) is 0. The van der Waals surface area contributed by atoms with E-state index in [1.807, 2.05) is 0 Å². The molecule has 0 amide bonds. The summed E-state index contributed by atoms with van der Waals surface area (Å²) >= 11 is 3.53. The molecule has 0 heterocycles. The van der Waals surface area contributed by atoms with E-state index in [0.717, 1.165) is 0 Å². The summed E-state index contributed by atoms with van der Waals surface area (Å²) in [5.41, 5.74) is 1.71. The molecule has 0 aliphatic rings. The van der Waals surface area contributed by atoms with Crippen LogP contribution in [0.3, 0.4) is 0 Å². The zero-order chi connectivity index (χ0) is 9.19. The number of halogens is 1. The number of hydrogen-bond donors (Lipinski definition) is 0. The maximum atomic E-state index is 3.53. The molecule has 1 unspecified atom stereocenters. The highest BCUT2D eigenvalue weighted by molar-refractivity contribution is 9.37. The lowest BCUT2D eigenvalue weighted by Crippen LogP contribution is -2.18. The Kier molecular flexibility index (Phi) is 3.31. The molecule has 66 valence electrons. The van der Waals surface area contributed by atoms with Crippen molar-refractivity contribution in [2.24, 2.45) is 0 Å². The maximum Gasteiger partial charge on any atom is -0.0124 e. The molecular weight excluding hydrogens is 231 g/mol. The second kappa shape index (κ2) is 3.89. The van der Waals surface area contributed by atoms with Gasteiger partial charge in [0.15, 0.2) is 0 Å². The second-order valence-corrected chi connectivity index (χ2v) is 5.81. The minimum Gasteiger partial charge on any atom is -0.0619 e. The van der Waals surface area contributed by atoms with Gasteiger partial charge in [0.25, 0.3) is 0 Å². The predicted octanol–water partition coefficient (Wildman–Crippen LogP) is 3.60. The van der Waals surface area contributed by atoms with Gasteiger partial charge in [0.2, 0.25) is 0 Å². The third kappa shape index (κ3) is 2.31. The van der Waals surface area contributed by atoms with Crippen molar-refractivity contribution < 1.29 is 0 Å². The Morgan fingerprint density at radius 2 is 1.75 bits per heavy atom. The van der Waals surface area contributed by atoms with Gasteiger partial charge in [-0.1, -0.05) is 60.5 Å². The molecular formula is C10H14BrP. The zero-order valence-corrected chi connectivity index (χ0v) is 10.3. The van der Waals surface area contributed by atoms with E-state index in [1.54, 1.807) is 0 Å². The summed E-state index contributed by atoms with van der Waals surface area (Å²) in [6, 6.07) is 8.60. The molecule has 1 aromatic carbocycles. The van der Waals surface area contributed by atoms with Gasteiger partial charge in [-0.05, 0) is 23.6 Å². The molecule has 0 radical (unpaired) electrons. The van der Waals surface area contributed by atoms with Crippen LogP contribution < -0.4 is 5.30 Å². The van der Waals surface area contributed by atoms with Crippen molar-refractivity contribution in [3.05, 3.63) is 29.8 Å². The standard InChI is InChI=1S/C10H14BrP/c1-10(2,3)8-6-4-5-7-9(8)12-11/h4-7,12H,1-3H3. The first-order valence-electron chi connectivity index (χ1n) is 4.02. The van der Waals surface area contributed by atoms with Crippen LogP contribution in [-0.2, 0) is 5.41 Å². The van der Waals surface area contributed by atoms with Gasteiger partial charge in [-0.15, -0.1) is 0 Å². The Labute approximate surface area is 84.3 Å². The minimum atomic E-state index is 0.261. The molecule has 0 aliphatic heterocycles. The summed E-state index contributed by atoms with van der Waals surface area (Å²) in [5, 5.41) is 1.42. The van der Waals surface area contributed by atoms with E-state index in [0.29, 0.717) is 7.28 Å². The summed E-state index contributed by atoms with van der Waals surface area (Å²) in [6.07, 6.45) is 0. The second-order valence-electron chi connectivity index (χ2n) is 3.89. The molecule has 0 aliphatic carbocycles. The molecule has 0 saturated heterocycles. The lowest BCUT2D eigenvalue weighted by Gasteiger charge is -2.21. The first-order valence-corrected chi connectivity index (χ1v) is 7.27. The molecule has 0 bridgehead atoms. The molecule has 1 aromatic rings. The van der Waals surface area contributed by atoms with Gasteiger partial charge in [0.05, 0.1) is 0 Å². The van der Waals surface area contributed by atoms with Crippen molar-refractivity contribution in [3.63, 3.8) is 0 Å². The van der Waals surface area contributed by atoms with Gasteiger partial charge in [-0.2, -0.15) is 0 Å². The predicted molar refractivity (Wildman–Crippen MR) is 62.0 cm³/mol. The van der Waals surface area contributed by atoms with Gasteiger partial charge in [-0.25, -0.2) is 0 Å². The average Bonchev–Trinajstić information content (AvgIpc) is 2.03. The first-order chi connectivity index (χ1) is 5.55. The average molecular weight is 245 g/mol. The molecule has 0 N–H and O–H groups in total. The number of rotatable bonds is 1. The number of benzene rings is 1. The first kappa shape index (κ1) is 10.2. The van der Waals surface area contributed by atoms with Crippen LogP contribution in [-0.4, -0.2) is 0 Å². The van der Waals surface area contributed by atoms with Crippen LogP contribution in [0.5, 0.6) is 0 Å². The molecule has 0 aromatic heterocycles. The van der Waals surface area contributed by atoms with Crippen molar-refractivity contribution in [1.82, 2.24) is 0 Å². The number of hydrogen-bond acceptors (Lipinski definition) is 0. The SMILES string of the molecule is CC(C)(C)c1ccccc1PBr. The Balaban J connectivity index is 3.14. The Morgan fingerprint density at radius 3 is 2.17 bits per heavy atom. The monoisotopic (exact) mass is 244 g/mol. The van der Waals surface area contributed by atoms with E-state index in [1.165, 1.54) is 10.9 Å². The van der Waals surface area contributed by atoms with Crippen molar-refractivity contribution >= 4 is 28.1 Å². The van der Waals surface area contributed by atoms with Crippen LogP contribution in [0.4, 0.5) is 0 Å². The highest BCUT2D eigenvalue weighted by Crippen LogP contribution is 2.28. The van der Waals surface area contributed by atoms with E-state index in [-0.39, 0.29) is 5.41 Å². The van der Waals surface area contributed by atoms with Crippen LogP contribution >= 0.6 is 22.8 Å². The summed E-state index contributed by atoms with van der Waals surface area (Å²) in [4.78, 5) is 0. The summed E-state index contributed by atoms with van der Waals surface area (Å²) < 4.78 is 0. The van der Waals surface area contributed by atoms with Crippen LogP contribution in [0.1, 0.15) is 26.3 Å². The van der Waals surface area contributed by atoms with E-state index < -0.39 is 0 Å². The van der Waals surface area contributed by atoms with Gasteiger partial charge >= 0.3 is 0 Å². The third-order valence-electron chi connectivity index (χ3n) is 1.84. The van der Waals surface area contributed by atoms with Crippen LogP contribution in [0.25, 0.3) is 0 Å². The quantitative estimate of drug-likeness (QED) is 0.663. The normalized spacial score (nSPS) is 12.7. The Bertz CT molecular complexity index is 263. The van der Waals surface area contributed by atoms with Crippen molar-refractivity contribution in [3.8, 4) is 0 Å². The van der Waals surface area contributed by atoms with E-state index in [2.05, 4.69) is 60.5 Å². The molecule has 0 fully saturated rings. The Hall–Kier alpha value is 0.130. The van der Waals surface area contributed by atoms with Gasteiger partial charge in [-0.3, -0.25) is 0 Å². The van der Waals surface area contributed by atoms with Crippen molar-refractivity contribution in [2.75, 3.05) is 0 Å². The highest BCUT2D eigenvalue weighted by Gasteiger charge is 2.16. The topological polar surface area (TPSA) is 0 Å². The van der Waals surface area contributed by atoms with E-state index >= 15 is 0 Å². The molecule has 2 heteroatoms. The molecule has 12 heavy (non-hydrogen) atoms. The molecule has 1 atom stereocenters. The van der Waals surface area contributed by atoms with Gasteiger partial charge in [0.1, 0.15) is 0 Å². The summed E-state index contributed by atoms with van der Waals surface area (Å²) in [6.45, 7) is 6.75. The lowest BCUT2D eigenvalue weighted by atomic mass is 9.87. The highest BCUT2D eigenvalue weighted by atomic mass is 79.9. The van der Waals surface area contributed by atoms with Crippen LogP contribution in [0, 0.1) is 0 Å². The maximum absolute atomic E-state index is 3.53. The van der Waals surface area contributed by atoms with Crippen molar-refractivity contribution in [1.29, 1.82) is 0 Å². The molecule has 0 nitrogen and oxygen atoms in total. The fourth-order valence-corrected chi connectivity index (χ4v) is 2.98. The summed E-state index contributed by atoms with van der Waals surface area (Å²) in [7, 11) is 0.715.